The minimum absolute atomic E-state index is 0.152. The number of carbonyl (C=O) groups excluding carboxylic acids is 1. The molecule has 0 saturated carbocycles. The number of anilines is 1. The predicted octanol–water partition coefficient (Wildman–Crippen LogP) is 2.89. The topological polar surface area (TPSA) is 101 Å². The van der Waals surface area contributed by atoms with E-state index in [0.29, 0.717) is 18.5 Å². The molecule has 1 saturated heterocycles. The summed E-state index contributed by atoms with van der Waals surface area (Å²) in [5, 5.41) is 2.85. The van der Waals surface area contributed by atoms with Gasteiger partial charge in [-0.3, -0.25) is 4.79 Å². The lowest BCUT2D eigenvalue weighted by atomic mass is 9.97. The van der Waals surface area contributed by atoms with Crippen LogP contribution in [0.4, 0.5) is 5.69 Å². The zero-order chi connectivity index (χ0) is 21.2. The van der Waals surface area contributed by atoms with Gasteiger partial charge in [0.25, 0.3) is 0 Å². The first kappa shape index (κ1) is 21.9. The average Bonchev–Trinajstić information content (AvgIpc) is 2.69. The number of sulfone groups is 1. The fourth-order valence-corrected chi connectivity index (χ4v) is 6.58. The number of halogens is 1. The molecule has 3 rings (SSSR count). The van der Waals surface area contributed by atoms with E-state index < -0.39 is 19.9 Å². The molecule has 156 valence electrons. The van der Waals surface area contributed by atoms with Gasteiger partial charge in [-0.25, -0.2) is 16.8 Å². The monoisotopic (exact) mass is 500 g/mol. The van der Waals surface area contributed by atoms with Crippen molar-refractivity contribution in [3.05, 3.63) is 53.0 Å². The molecule has 1 aliphatic rings. The molecule has 0 atom stereocenters. The van der Waals surface area contributed by atoms with Crippen LogP contribution in [0.2, 0.25) is 0 Å². The molecule has 0 bridgehead atoms. The summed E-state index contributed by atoms with van der Waals surface area (Å²) in [5.74, 6) is -0.462. The summed E-state index contributed by atoms with van der Waals surface area (Å²) in [6.07, 6.45) is 1.71. The van der Waals surface area contributed by atoms with Crippen LogP contribution >= 0.6 is 15.9 Å². The number of piperidine rings is 1. The third-order valence-corrected chi connectivity index (χ3v) is 8.57. The van der Waals surface area contributed by atoms with Crippen LogP contribution in [-0.4, -0.2) is 46.4 Å². The Hall–Kier alpha value is -1.75. The van der Waals surface area contributed by atoms with Crippen LogP contribution in [0.5, 0.6) is 0 Å². The molecule has 29 heavy (non-hydrogen) atoms. The number of rotatable bonds is 5. The molecule has 0 aliphatic carbocycles. The van der Waals surface area contributed by atoms with Crippen molar-refractivity contribution < 1.29 is 21.6 Å². The van der Waals surface area contributed by atoms with Crippen LogP contribution in [-0.2, 0) is 24.7 Å². The first-order valence-electron chi connectivity index (χ1n) is 8.95. The van der Waals surface area contributed by atoms with Crippen molar-refractivity contribution in [1.82, 2.24) is 4.31 Å². The van der Waals surface area contributed by atoms with Crippen LogP contribution in [0.1, 0.15) is 12.8 Å². The molecule has 0 unspecified atom stereocenters. The van der Waals surface area contributed by atoms with Gasteiger partial charge in [-0.05, 0) is 49.2 Å². The smallest absolute Gasteiger partial charge is 0.244 e. The molecule has 7 nitrogen and oxygen atoms in total. The molecule has 2 aromatic rings. The second kappa shape index (κ2) is 8.55. The highest BCUT2D eigenvalue weighted by Gasteiger charge is 2.34. The van der Waals surface area contributed by atoms with E-state index in [2.05, 4.69) is 21.2 Å². The number of hydrogen-bond acceptors (Lipinski definition) is 5. The second-order valence-corrected chi connectivity index (χ2v) is 11.7. The second-order valence-electron chi connectivity index (χ2n) is 6.89. The molecule has 0 spiro atoms. The van der Waals surface area contributed by atoms with Gasteiger partial charge in [0.05, 0.1) is 4.90 Å². The van der Waals surface area contributed by atoms with Crippen molar-refractivity contribution in [3.63, 3.8) is 0 Å². The van der Waals surface area contributed by atoms with Crippen molar-refractivity contribution in [2.24, 2.45) is 5.92 Å². The Morgan fingerprint density at radius 2 is 1.52 bits per heavy atom. The lowest BCUT2D eigenvalue weighted by molar-refractivity contribution is -0.120. The van der Waals surface area contributed by atoms with Crippen LogP contribution in [0.15, 0.2) is 62.8 Å². The van der Waals surface area contributed by atoms with E-state index in [9.17, 15) is 21.6 Å². The number of benzene rings is 2. The normalized spacial score (nSPS) is 16.5. The SMILES string of the molecule is CS(=O)(=O)c1ccccc1S(=O)(=O)N1CCC(C(=O)Nc2ccc(Br)cc2)CC1. The number of nitrogens with one attached hydrogen (secondary N) is 1. The summed E-state index contributed by atoms with van der Waals surface area (Å²) in [6.45, 7) is 0.303. The molecule has 1 amide bonds. The molecule has 1 heterocycles. The van der Waals surface area contributed by atoms with Gasteiger partial charge < -0.3 is 5.32 Å². The van der Waals surface area contributed by atoms with E-state index in [0.717, 1.165) is 10.7 Å². The van der Waals surface area contributed by atoms with Crippen LogP contribution < -0.4 is 5.32 Å². The summed E-state index contributed by atoms with van der Waals surface area (Å²) in [5.41, 5.74) is 0.676. The highest BCUT2D eigenvalue weighted by molar-refractivity contribution is 9.10. The largest absolute Gasteiger partial charge is 0.326 e. The number of sulfonamides is 1. The van der Waals surface area contributed by atoms with Crippen molar-refractivity contribution in [1.29, 1.82) is 0 Å². The molecule has 1 aliphatic heterocycles. The van der Waals surface area contributed by atoms with E-state index in [1.807, 2.05) is 12.1 Å². The van der Waals surface area contributed by atoms with Crippen LogP contribution in [0.3, 0.4) is 0 Å². The quantitative estimate of drug-likeness (QED) is 0.679. The van der Waals surface area contributed by atoms with E-state index in [-0.39, 0.29) is 34.7 Å². The molecular weight excluding hydrogens is 480 g/mol. The molecular formula is C19H21BrN2O5S2. The maximum atomic E-state index is 13.0. The lowest BCUT2D eigenvalue weighted by Crippen LogP contribution is -2.41. The van der Waals surface area contributed by atoms with E-state index >= 15 is 0 Å². The highest BCUT2D eigenvalue weighted by Crippen LogP contribution is 2.28. The molecule has 0 aromatic heterocycles. The fourth-order valence-electron chi connectivity index (χ4n) is 3.24. The standard InChI is InChI=1S/C19H21BrN2O5S2/c1-28(24,25)17-4-2-3-5-18(17)29(26,27)22-12-10-14(11-13-22)19(23)21-16-8-6-15(20)7-9-16/h2-9,14H,10-13H2,1H3,(H,21,23). The summed E-state index contributed by atoms with van der Waals surface area (Å²) in [6, 6.07) is 12.8. The van der Waals surface area contributed by atoms with Crippen molar-refractivity contribution in [2.75, 3.05) is 24.7 Å². The number of nitrogens with zero attached hydrogens (tertiary/aromatic N) is 1. The fraction of sp³-hybridized carbons (Fsp3) is 0.316. The van der Waals surface area contributed by atoms with E-state index in [1.165, 1.54) is 28.6 Å². The summed E-state index contributed by atoms with van der Waals surface area (Å²) < 4.78 is 52.1. The number of hydrogen-bond donors (Lipinski definition) is 1. The van der Waals surface area contributed by atoms with Crippen LogP contribution in [0, 0.1) is 5.92 Å². The van der Waals surface area contributed by atoms with Gasteiger partial charge in [-0.1, -0.05) is 28.1 Å². The molecule has 2 aromatic carbocycles. The average molecular weight is 501 g/mol. The summed E-state index contributed by atoms with van der Waals surface area (Å²) >= 11 is 3.34. The van der Waals surface area contributed by atoms with Crippen LogP contribution in [0.25, 0.3) is 0 Å². The van der Waals surface area contributed by atoms with Crippen molar-refractivity contribution in [3.8, 4) is 0 Å². The maximum Gasteiger partial charge on any atom is 0.244 e. The molecule has 1 N–H and O–H groups in total. The molecule has 10 heteroatoms. The third kappa shape index (κ3) is 5.06. The van der Waals surface area contributed by atoms with Gasteiger partial charge in [0.15, 0.2) is 9.84 Å². The zero-order valence-electron chi connectivity index (χ0n) is 15.7. The minimum Gasteiger partial charge on any atom is -0.326 e. The van der Waals surface area contributed by atoms with Gasteiger partial charge in [0, 0.05) is 35.4 Å². The van der Waals surface area contributed by atoms with Crippen molar-refractivity contribution in [2.45, 2.75) is 22.6 Å². The van der Waals surface area contributed by atoms with E-state index in [4.69, 9.17) is 0 Å². The highest BCUT2D eigenvalue weighted by atomic mass is 79.9. The Kier molecular flexibility index (Phi) is 6.47. The predicted molar refractivity (Wildman–Crippen MR) is 114 cm³/mol. The first-order chi connectivity index (χ1) is 13.6. The first-order valence-corrected chi connectivity index (χ1v) is 13.1. The molecule has 0 radical (unpaired) electrons. The number of carbonyl (C=O) groups is 1. The Labute approximate surface area is 179 Å². The summed E-state index contributed by atoms with van der Waals surface area (Å²) in [7, 11) is -7.66. The maximum absolute atomic E-state index is 13.0. The van der Waals surface area contributed by atoms with Gasteiger partial charge >= 0.3 is 0 Å². The summed E-state index contributed by atoms with van der Waals surface area (Å²) in [4.78, 5) is 12.1. The lowest BCUT2D eigenvalue weighted by Gasteiger charge is -2.31. The van der Waals surface area contributed by atoms with Crippen molar-refractivity contribution >= 4 is 47.4 Å². The van der Waals surface area contributed by atoms with Gasteiger partial charge in [-0.15, -0.1) is 0 Å². The van der Waals surface area contributed by atoms with Gasteiger partial charge in [0.1, 0.15) is 4.90 Å². The molecule has 1 fully saturated rings. The Morgan fingerprint density at radius 1 is 0.966 bits per heavy atom. The number of amides is 1. The minimum atomic E-state index is -3.97. The Balaban J connectivity index is 1.70. The van der Waals surface area contributed by atoms with Gasteiger partial charge in [0.2, 0.25) is 15.9 Å². The Bertz CT molecular complexity index is 1110. The Morgan fingerprint density at radius 3 is 2.07 bits per heavy atom. The third-order valence-electron chi connectivity index (χ3n) is 4.80. The van der Waals surface area contributed by atoms with E-state index in [1.54, 1.807) is 12.1 Å². The zero-order valence-corrected chi connectivity index (χ0v) is 18.9. The van der Waals surface area contributed by atoms with Gasteiger partial charge in [-0.2, -0.15) is 4.31 Å².